The van der Waals surface area contributed by atoms with E-state index in [0.717, 1.165) is 0 Å². The van der Waals surface area contributed by atoms with Gasteiger partial charge in [-0.15, -0.1) is 0 Å². The lowest BCUT2D eigenvalue weighted by Gasteiger charge is -2.15. The maximum absolute atomic E-state index is 13.4. The number of esters is 1. The first-order valence-corrected chi connectivity index (χ1v) is 6.67. The third kappa shape index (κ3) is 3.83. The van der Waals surface area contributed by atoms with E-state index in [4.69, 9.17) is 14.7 Å². The Morgan fingerprint density at radius 1 is 1.23 bits per heavy atom. The van der Waals surface area contributed by atoms with Crippen LogP contribution in [0.1, 0.15) is 18.1 Å². The topological polar surface area (TPSA) is 59.3 Å². The van der Waals surface area contributed by atoms with E-state index in [-0.39, 0.29) is 6.61 Å². The van der Waals surface area contributed by atoms with Gasteiger partial charge in [-0.05, 0) is 25.1 Å². The number of para-hydroxylation sites is 1. The summed E-state index contributed by atoms with van der Waals surface area (Å²) in [6.07, 6.45) is -0.902. The van der Waals surface area contributed by atoms with Crippen LogP contribution >= 0.6 is 0 Å². The minimum atomic E-state index is -0.902. The van der Waals surface area contributed by atoms with Crippen molar-refractivity contribution in [3.8, 4) is 11.8 Å². The number of carbonyl (C=O) groups excluding carboxylic acids is 1. The van der Waals surface area contributed by atoms with Crippen molar-refractivity contribution in [2.45, 2.75) is 19.6 Å². The highest BCUT2D eigenvalue weighted by molar-refractivity contribution is 5.74. The molecule has 0 aliphatic heterocycles. The molecule has 0 bridgehead atoms. The van der Waals surface area contributed by atoms with Gasteiger partial charge in [0.15, 0.2) is 6.10 Å². The molecule has 1 atom stereocenters. The van der Waals surface area contributed by atoms with Crippen molar-refractivity contribution in [1.82, 2.24) is 0 Å². The summed E-state index contributed by atoms with van der Waals surface area (Å²) in [5.74, 6) is -0.755. The van der Waals surface area contributed by atoms with Crippen molar-refractivity contribution in [3.63, 3.8) is 0 Å². The summed E-state index contributed by atoms with van der Waals surface area (Å²) in [5, 5.41) is 8.96. The number of rotatable bonds is 5. The lowest BCUT2D eigenvalue weighted by Crippen LogP contribution is -2.26. The molecule has 5 heteroatoms. The monoisotopic (exact) mass is 299 g/mol. The lowest BCUT2D eigenvalue weighted by molar-refractivity contribution is -0.152. The van der Waals surface area contributed by atoms with Gasteiger partial charge in [0.05, 0.1) is 5.56 Å². The molecule has 2 aromatic carbocycles. The fourth-order valence-corrected chi connectivity index (χ4v) is 1.78. The van der Waals surface area contributed by atoms with Crippen LogP contribution < -0.4 is 4.74 Å². The number of nitrogens with zero attached hydrogens (tertiary/aromatic N) is 1. The smallest absolute Gasteiger partial charge is 0.347 e. The summed E-state index contributed by atoms with van der Waals surface area (Å²) in [7, 11) is 0. The van der Waals surface area contributed by atoms with Crippen LogP contribution in [0, 0.1) is 17.1 Å². The number of hydrogen-bond acceptors (Lipinski definition) is 4. The number of carbonyl (C=O) groups is 1. The lowest BCUT2D eigenvalue weighted by atomic mass is 10.2. The van der Waals surface area contributed by atoms with Gasteiger partial charge < -0.3 is 9.47 Å². The molecule has 0 amide bonds. The van der Waals surface area contributed by atoms with Gasteiger partial charge in [0.2, 0.25) is 0 Å². The molecule has 2 aromatic rings. The Balaban J connectivity index is 1.95. The molecule has 0 saturated carbocycles. The van der Waals surface area contributed by atoms with Crippen LogP contribution in [-0.4, -0.2) is 12.1 Å². The highest BCUT2D eigenvalue weighted by Crippen LogP contribution is 2.18. The zero-order valence-corrected chi connectivity index (χ0v) is 12.0. The van der Waals surface area contributed by atoms with Gasteiger partial charge in [-0.25, -0.2) is 9.18 Å². The maximum atomic E-state index is 13.4. The number of benzene rings is 2. The Labute approximate surface area is 127 Å². The average molecular weight is 299 g/mol. The van der Waals surface area contributed by atoms with Crippen LogP contribution in [0.5, 0.6) is 5.75 Å². The molecule has 0 heterocycles. The molecule has 22 heavy (non-hydrogen) atoms. The molecule has 0 radical (unpaired) electrons. The summed E-state index contributed by atoms with van der Waals surface area (Å²) in [5.41, 5.74) is 0.622. The Morgan fingerprint density at radius 3 is 2.64 bits per heavy atom. The molecule has 0 aliphatic rings. The summed E-state index contributed by atoms with van der Waals surface area (Å²) in [6, 6.07) is 14.6. The zero-order chi connectivity index (χ0) is 15.9. The molecule has 0 fully saturated rings. The Bertz CT molecular complexity index is 709. The van der Waals surface area contributed by atoms with Gasteiger partial charge in [0, 0.05) is 5.56 Å². The first-order valence-electron chi connectivity index (χ1n) is 6.67. The molecule has 1 unspecified atom stereocenters. The molecule has 0 aromatic heterocycles. The molecule has 112 valence electrons. The van der Waals surface area contributed by atoms with Crippen molar-refractivity contribution in [2.75, 3.05) is 0 Å². The number of nitriles is 1. The molecular weight excluding hydrogens is 285 g/mol. The standard InChI is InChI=1S/C17H14FNO3/c1-12(22-16-9-5-3-6-13(16)10-19)17(20)21-11-14-7-2-4-8-15(14)18/h2-9,12H,11H2,1H3. The quantitative estimate of drug-likeness (QED) is 0.795. The van der Waals surface area contributed by atoms with Gasteiger partial charge in [-0.1, -0.05) is 30.3 Å². The second-order valence-electron chi connectivity index (χ2n) is 4.57. The zero-order valence-electron chi connectivity index (χ0n) is 12.0. The van der Waals surface area contributed by atoms with Crippen LogP contribution in [-0.2, 0) is 16.1 Å². The van der Waals surface area contributed by atoms with Crippen molar-refractivity contribution >= 4 is 5.97 Å². The molecular formula is C17H14FNO3. The first kappa shape index (κ1) is 15.5. The largest absolute Gasteiger partial charge is 0.478 e. The Kier molecular flexibility index (Phi) is 5.10. The van der Waals surface area contributed by atoms with Crippen LogP contribution in [0.2, 0.25) is 0 Å². The van der Waals surface area contributed by atoms with Gasteiger partial charge in [0.1, 0.15) is 24.2 Å². The molecule has 0 aliphatic carbocycles. The molecule has 0 saturated heterocycles. The second-order valence-corrected chi connectivity index (χ2v) is 4.57. The molecule has 2 rings (SSSR count). The van der Waals surface area contributed by atoms with E-state index < -0.39 is 17.9 Å². The summed E-state index contributed by atoms with van der Waals surface area (Å²) < 4.78 is 23.9. The molecule has 0 N–H and O–H groups in total. The minimum absolute atomic E-state index is 0.168. The molecule has 4 nitrogen and oxygen atoms in total. The SMILES string of the molecule is CC(Oc1ccccc1C#N)C(=O)OCc1ccccc1F. The first-order chi connectivity index (χ1) is 10.6. The van der Waals surface area contributed by atoms with E-state index in [1.807, 2.05) is 6.07 Å². The van der Waals surface area contributed by atoms with E-state index in [1.165, 1.54) is 13.0 Å². The molecule has 0 spiro atoms. The van der Waals surface area contributed by atoms with Crippen LogP contribution in [0.15, 0.2) is 48.5 Å². The van der Waals surface area contributed by atoms with E-state index in [1.54, 1.807) is 42.5 Å². The van der Waals surface area contributed by atoms with Crippen molar-refractivity contribution < 1.29 is 18.7 Å². The number of halogens is 1. The normalized spacial score (nSPS) is 11.3. The summed E-state index contributed by atoms with van der Waals surface area (Å²) >= 11 is 0. The van der Waals surface area contributed by atoms with Gasteiger partial charge in [0.25, 0.3) is 0 Å². The van der Waals surface area contributed by atoms with Gasteiger partial charge in [-0.2, -0.15) is 5.26 Å². The third-order valence-electron chi connectivity index (χ3n) is 2.97. The Morgan fingerprint density at radius 2 is 1.91 bits per heavy atom. The minimum Gasteiger partial charge on any atom is -0.478 e. The highest BCUT2D eigenvalue weighted by atomic mass is 19.1. The fraction of sp³-hybridized carbons (Fsp3) is 0.176. The van der Waals surface area contributed by atoms with Gasteiger partial charge >= 0.3 is 5.97 Å². The second kappa shape index (κ2) is 7.23. The number of hydrogen-bond donors (Lipinski definition) is 0. The van der Waals surface area contributed by atoms with E-state index in [9.17, 15) is 9.18 Å². The van der Waals surface area contributed by atoms with Gasteiger partial charge in [-0.3, -0.25) is 0 Å². The fourth-order valence-electron chi connectivity index (χ4n) is 1.78. The Hall–Kier alpha value is -2.87. The van der Waals surface area contributed by atoms with Crippen molar-refractivity contribution in [2.24, 2.45) is 0 Å². The van der Waals surface area contributed by atoms with E-state index in [2.05, 4.69) is 0 Å². The summed E-state index contributed by atoms with van der Waals surface area (Å²) in [4.78, 5) is 11.9. The van der Waals surface area contributed by atoms with Crippen LogP contribution in [0.4, 0.5) is 4.39 Å². The predicted molar refractivity (Wildman–Crippen MR) is 77.4 cm³/mol. The summed E-state index contributed by atoms with van der Waals surface area (Å²) in [6.45, 7) is 1.34. The predicted octanol–water partition coefficient (Wildman–Crippen LogP) is 3.21. The maximum Gasteiger partial charge on any atom is 0.347 e. The third-order valence-corrected chi connectivity index (χ3v) is 2.97. The highest BCUT2D eigenvalue weighted by Gasteiger charge is 2.18. The van der Waals surface area contributed by atoms with E-state index in [0.29, 0.717) is 16.9 Å². The average Bonchev–Trinajstić information content (AvgIpc) is 2.54. The van der Waals surface area contributed by atoms with Crippen LogP contribution in [0.3, 0.4) is 0 Å². The number of ether oxygens (including phenoxy) is 2. The van der Waals surface area contributed by atoms with E-state index >= 15 is 0 Å². The van der Waals surface area contributed by atoms with Crippen LogP contribution in [0.25, 0.3) is 0 Å². The van der Waals surface area contributed by atoms with Crippen molar-refractivity contribution in [1.29, 1.82) is 5.26 Å². The van der Waals surface area contributed by atoms with Crippen molar-refractivity contribution in [3.05, 3.63) is 65.5 Å².